The zero-order valence-corrected chi connectivity index (χ0v) is 11.9. The van der Waals surface area contributed by atoms with Gasteiger partial charge < -0.3 is 14.8 Å². The lowest BCUT2D eigenvalue weighted by molar-refractivity contribution is -0.118. The summed E-state index contributed by atoms with van der Waals surface area (Å²) in [7, 11) is 0. The number of amides is 1. The Kier molecular flexibility index (Phi) is 5.30. The van der Waals surface area contributed by atoms with Crippen LogP contribution in [-0.4, -0.2) is 19.1 Å². The van der Waals surface area contributed by atoms with Crippen LogP contribution in [0.5, 0.6) is 11.5 Å². The van der Waals surface area contributed by atoms with Crippen molar-refractivity contribution in [3.05, 3.63) is 54.1 Å². The fraction of sp³-hybridized carbons (Fsp3) is 0.188. The average molecular weight is 307 g/mol. The summed E-state index contributed by atoms with van der Waals surface area (Å²) in [4.78, 5) is 11.7. The van der Waals surface area contributed by atoms with E-state index < -0.39 is 17.5 Å². The first-order chi connectivity index (χ1) is 10.6. The van der Waals surface area contributed by atoms with E-state index >= 15 is 0 Å². The number of nitrogens with one attached hydrogen (secondary N) is 1. The molecule has 1 N–H and O–H groups in total. The third kappa shape index (κ3) is 4.44. The van der Waals surface area contributed by atoms with Crippen LogP contribution in [0.2, 0.25) is 0 Å². The van der Waals surface area contributed by atoms with Crippen LogP contribution < -0.4 is 14.8 Å². The van der Waals surface area contributed by atoms with E-state index in [0.717, 1.165) is 12.1 Å². The number of carbonyl (C=O) groups excluding carboxylic acids is 1. The Morgan fingerprint density at radius 3 is 2.45 bits per heavy atom. The molecule has 0 aliphatic carbocycles. The molecular weight excluding hydrogens is 292 g/mol. The third-order valence-corrected chi connectivity index (χ3v) is 2.69. The molecule has 22 heavy (non-hydrogen) atoms. The molecule has 0 heterocycles. The quantitative estimate of drug-likeness (QED) is 0.890. The molecule has 2 aromatic rings. The Hall–Kier alpha value is -2.63. The predicted molar refractivity (Wildman–Crippen MR) is 78.1 cm³/mol. The molecule has 0 fully saturated rings. The highest BCUT2D eigenvalue weighted by molar-refractivity contribution is 5.91. The molecule has 0 bridgehead atoms. The first kappa shape index (κ1) is 15.8. The highest BCUT2D eigenvalue weighted by Crippen LogP contribution is 2.19. The monoisotopic (exact) mass is 307 g/mol. The molecule has 0 radical (unpaired) electrons. The Morgan fingerprint density at radius 2 is 1.77 bits per heavy atom. The van der Waals surface area contributed by atoms with Crippen molar-refractivity contribution < 1.29 is 23.0 Å². The summed E-state index contributed by atoms with van der Waals surface area (Å²) in [6.07, 6.45) is 0. The van der Waals surface area contributed by atoms with Crippen molar-refractivity contribution in [3.63, 3.8) is 0 Å². The number of anilines is 1. The molecular formula is C16H15F2NO3. The highest BCUT2D eigenvalue weighted by Gasteiger charge is 2.07. The second-order valence-electron chi connectivity index (χ2n) is 4.37. The Bertz CT molecular complexity index is 662. The SMILES string of the molecule is CCOc1cccc(OCC(=O)Nc2ccc(F)c(F)c2)c1. The van der Waals surface area contributed by atoms with Crippen LogP contribution in [0.4, 0.5) is 14.5 Å². The minimum absolute atomic E-state index is 0.163. The second-order valence-corrected chi connectivity index (χ2v) is 4.37. The standard InChI is InChI=1S/C16H15F2NO3/c1-2-21-12-4-3-5-13(9-12)22-10-16(20)19-11-6-7-14(17)15(18)8-11/h3-9H,2,10H2,1H3,(H,19,20). The molecule has 116 valence electrons. The Morgan fingerprint density at radius 1 is 1.05 bits per heavy atom. The summed E-state index contributed by atoms with van der Waals surface area (Å²) in [5.41, 5.74) is 0.163. The van der Waals surface area contributed by atoms with Gasteiger partial charge in [-0.1, -0.05) is 6.07 Å². The number of hydrogen-bond acceptors (Lipinski definition) is 3. The molecule has 2 aromatic carbocycles. The van der Waals surface area contributed by atoms with E-state index in [0.29, 0.717) is 18.1 Å². The molecule has 1 amide bonds. The smallest absolute Gasteiger partial charge is 0.262 e. The van der Waals surface area contributed by atoms with E-state index in [1.165, 1.54) is 6.07 Å². The zero-order chi connectivity index (χ0) is 15.9. The van der Waals surface area contributed by atoms with E-state index in [-0.39, 0.29) is 12.3 Å². The van der Waals surface area contributed by atoms with Gasteiger partial charge in [0, 0.05) is 17.8 Å². The van der Waals surface area contributed by atoms with E-state index in [1.54, 1.807) is 24.3 Å². The number of rotatable bonds is 6. The van der Waals surface area contributed by atoms with Gasteiger partial charge in [-0.05, 0) is 31.2 Å². The normalized spacial score (nSPS) is 10.1. The maximum atomic E-state index is 13.0. The van der Waals surface area contributed by atoms with Gasteiger partial charge in [-0.15, -0.1) is 0 Å². The average Bonchev–Trinajstić information content (AvgIpc) is 2.50. The first-order valence-corrected chi connectivity index (χ1v) is 6.69. The fourth-order valence-electron chi connectivity index (χ4n) is 1.74. The number of halogens is 2. The van der Waals surface area contributed by atoms with Gasteiger partial charge in [0.25, 0.3) is 5.91 Å². The van der Waals surface area contributed by atoms with Crippen molar-refractivity contribution in [1.82, 2.24) is 0 Å². The summed E-state index contributed by atoms with van der Waals surface area (Å²) >= 11 is 0. The van der Waals surface area contributed by atoms with Crippen LogP contribution in [0, 0.1) is 11.6 Å². The van der Waals surface area contributed by atoms with Crippen LogP contribution in [-0.2, 0) is 4.79 Å². The fourth-order valence-corrected chi connectivity index (χ4v) is 1.74. The van der Waals surface area contributed by atoms with Gasteiger partial charge in [0.1, 0.15) is 11.5 Å². The maximum Gasteiger partial charge on any atom is 0.262 e. The molecule has 0 saturated heterocycles. The van der Waals surface area contributed by atoms with Gasteiger partial charge in [0.15, 0.2) is 18.2 Å². The summed E-state index contributed by atoms with van der Waals surface area (Å²) in [6, 6.07) is 9.99. The maximum absolute atomic E-state index is 13.0. The van der Waals surface area contributed by atoms with Crippen LogP contribution in [0.1, 0.15) is 6.92 Å². The molecule has 0 saturated carbocycles. The number of carbonyl (C=O) groups is 1. The third-order valence-electron chi connectivity index (χ3n) is 2.69. The molecule has 0 aliphatic heterocycles. The lowest BCUT2D eigenvalue weighted by Crippen LogP contribution is -2.20. The molecule has 0 unspecified atom stereocenters. The molecule has 0 aromatic heterocycles. The zero-order valence-electron chi connectivity index (χ0n) is 11.9. The van der Waals surface area contributed by atoms with Crippen molar-refractivity contribution >= 4 is 11.6 Å². The minimum atomic E-state index is -1.02. The van der Waals surface area contributed by atoms with Crippen LogP contribution >= 0.6 is 0 Å². The highest BCUT2D eigenvalue weighted by atomic mass is 19.2. The predicted octanol–water partition coefficient (Wildman–Crippen LogP) is 3.38. The first-order valence-electron chi connectivity index (χ1n) is 6.69. The van der Waals surface area contributed by atoms with Crippen molar-refractivity contribution in [3.8, 4) is 11.5 Å². The summed E-state index contributed by atoms with van der Waals surface area (Å²) in [5, 5.41) is 2.42. The topological polar surface area (TPSA) is 47.6 Å². The molecule has 0 atom stereocenters. The van der Waals surface area contributed by atoms with Crippen LogP contribution in [0.15, 0.2) is 42.5 Å². The second kappa shape index (κ2) is 7.40. The lowest BCUT2D eigenvalue weighted by atomic mass is 10.3. The van der Waals surface area contributed by atoms with E-state index in [2.05, 4.69) is 5.32 Å². The number of ether oxygens (including phenoxy) is 2. The van der Waals surface area contributed by atoms with Gasteiger partial charge in [-0.3, -0.25) is 4.79 Å². The van der Waals surface area contributed by atoms with Crippen molar-refractivity contribution in [1.29, 1.82) is 0 Å². The van der Waals surface area contributed by atoms with Gasteiger partial charge in [-0.2, -0.15) is 0 Å². The number of hydrogen-bond donors (Lipinski definition) is 1. The molecule has 2 rings (SSSR count). The Labute approximate surface area is 126 Å². The van der Waals surface area contributed by atoms with E-state index in [9.17, 15) is 13.6 Å². The Balaban J connectivity index is 1.89. The van der Waals surface area contributed by atoms with E-state index in [1.807, 2.05) is 6.92 Å². The summed E-state index contributed by atoms with van der Waals surface area (Å²) in [6.45, 7) is 2.14. The minimum Gasteiger partial charge on any atom is -0.494 e. The lowest BCUT2D eigenvalue weighted by Gasteiger charge is -2.09. The van der Waals surface area contributed by atoms with Crippen LogP contribution in [0.3, 0.4) is 0 Å². The molecule has 0 aliphatic rings. The summed E-state index contributed by atoms with van der Waals surface area (Å²) in [5.74, 6) is -1.36. The van der Waals surface area contributed by atoms with Crippen molar-refractivity contribution in [2.45, 2.75) is 6.92 Å². The van der Waals surface area contributed by atoms with Crippen LogP contribution in [0.25, 0.3) is 0 Å². The van der Waals surface area contributed by atoms with E-state index in [4.69, 9.17) is 9.47 Å². The molecule has 0 spiro atoms. The number of benzene rings is 2. The van der Waals surface area contributed by atoms with Crippen molar-refractivity contribution in [2.75, 3.05) is 18.5 Å². The van der Waals surface area contributed by atoms with Gasteiger partial charge in [0.2, 0.25) is 0 Å². The van der Waals surface area contributed by atoms with Gasteiger partial charge in [0.05, 0.1) is 6.61 Å². The van der Waals surface area contributed by atoms with Gasteiger partial charge >= 0.3 is 0 Å². The van der Waals surface area contributed by atoms with Crippen molar-refractivity contribution in [2.24, 2.45) is 0 Å². The summed E-state index contributed by atoms with van der Waals surface area (Å²) < 4.78 is 36.4. The largest absolute Gasteiger partial charge is 0.494 e. The molecule has 6 heteroatoms. The molecule has 4 nitrogen and oxygen atoms in total. The van der Waals surface area contributed by atoms with Gasteiger partial charge in [-0.25, -0.2) is 8.78 Å².